The van der Waals surface area contributed by atoms with Crippen LogP contribution in [-0.2, 0) is 17.8 Å². The molecule has 1 unspecified atom stereocenters. The van der Waals surface area contributed by atoms with Gasteiger partial charge in [0, 0.05) is 35.2 Å². The third-order valence-corrected chi connectivity index (χ3v) is 6.22. The van der Waals surface area contributed by atoms with Crippen molar-refractivity contribution < 1.29 is 14.1 Å². The van der Waals surface area contributed by atoms with Gasteiger partial charge >= 0.3 is 0 Å². The van der Waals surface area contributed by atoms with Gasteiger partial charge in [0.25, 0.3) is 0 Å². The zero-order valence-corrected chi connectivity index (χ0v) is 19.3. The number of hydrogen-bond donors (Lipinski definition) is 2. The van der Waals surface area contributed by atoms with Crippen LogP contribution in [0.1, 0.15) is 18.2 Å². The van der Waals surface area contributed by atoms with Gasteiger partial charge < -0.3 is 19.9 Å². The molecular weight excluding hydrogens is 452 g/mol. The Morgan fingerprint density at radius 3 is 2.91 bits per heavy atom. The Morgan fingerprint density at radius 1 is 1.21 bits per heavy atom. The molecule has 0 radical (unpaired) electrons. The molecule has 0 aliphatic carbocycles. The van der Waals surface area contributed by atoms with Gasteiger partial charge in [0.05, 0.1) is 22.8 Å². The number of ether oxygens (including phenoxy) is 1. The van der Waals surface area contributed by atoms with Crippen LogP contribution in [-0.4, -0.2) is 22.1 Å². The largest absolute Gasteiger partial charge is 0.486 e. The first-order valence-electron chi connectivity index (χ1n) is 11.0. The molecule has 2 N–H and O–H groups in total. The highest BCUT2D eigenvalue weighted by atomic mass is 35.5. The van der Waals surface area contributed by atoms with E-state index < -0.39 is 0 Å². The van der Waals surface area contributed by atoms with Gasteiger partial charge in [0.1, 0.15) is 18.6 Å². The van der Waals surface area contributed by atoms with Crippen molar-refractivity contribution in [2.24, 2.45) is 5.92 Å². The van der Waals surface area contributed by atoms with E-state index in [2.05, 4.69) is 20.8 Å². The molecule has 2 atom stereocenters. The molecule has 1 aliphatic rings. The van der Waals surface area contributed by atoms with E-state index in [9.17, 15) is 4.79 Å². The van der Waals surface area contributed by atoms with Crippen LogP contribution in [0, 0.1) is 5.92 Å². The number of rotatable bonds is 7. The molecule has 8 heteroatoms. The smallest absolute Gasteiger partial charge is 0.229 e. The predicted octanol–water partition coefficient (Wildman–Crippen LogP) is 5.58. The Balaban J connectivity index is 1.28. The van der Waals surface area contributed by atoms with Crippen LogP contribution in [0.3, 0.4) is 0 Å². The van der Waals surface area contributed by atoms with E-state index in [0.717, 1.165) is 33.8 Å². The molecule has 0 saturated carbocycles. The second-order valence-electron chi connectivity index (χ2n) is 8.28. The molecule has 0 fully saturated rings. The molecule has 1 amide bonds. The van der Waals surface area contributed by atoms with E-state index in [0.29, 0.717) is 23.8 Å². The van der Waals surface area contributed by atoms with E-state index in [1.807, 2.05) is 55.5 Å². The third kappa shape index (κ3) is 4.75. The number of anilines is 2. The summed E-state index contributed by atoms with van der Waals surface area (Å²) >= 11 is 6.50. The lowest BCUT2D eigenvalue weighted by molar-refractivity contribution is -0.120. The number of nitrogens with zero attached hydrogens (tertiary/aromatic N) is 2. The molecular formula is C26H23ClN4O3. The second-order valence-corrected chi connectivity index (χ2v) is 8.68. The summed E-state index contributed by atoms with van der Waals surface area (Å²) in [7, 11) is 0. The Bertz CT molecular complexity index is 1290. The monoisotopic (exact) mass is 474 g/mol. The van der Waals surface area contributed by atoms with Crippen LogP contribution < -0.4 is 15.4 Å². The topological polar surface area (TPSA) is 89.3 Å². The molecule has 3 heterocycles. The third-order valence-electron chi connectivity index (χ3n) is 5.92. The van der Waals surface area contributed by atoms with Crippen LogP contribution in [0.4, 0.5) is 11.4 Å². The molecule has 2 aromatic carbocycles. The number of halogens is 1. The Kier molecular flexibility index (Phi) is 6.18. The summed E-state index contributed by atoms with van der Waals surface area (Å²) in [6.07, 6.45) is 5.56. The van der Waals surface area contributed by atoms with Crippen molar-refractivity contribution in [3.8, 4) is 16.9 Å². The fraction of sp³-hybridized carbons (Fsp3) is 0.192. The normalized spacial score (nSPS) is 15.8. The van der Waals surface area contributed by atoms with Crippen molar-refractivity contribution in [2.45, 2.75) is 26.0 Å². The number of carbonyl (C=O) groups is 1. The molecule has 2 aromatic heterocycles. The fourth-order valence-electron chi connectivity index (χ4n) is 4.08. The van der Waals surface area contributed by atoms with E-state index in [-0.39, 0.29) is 17.9 Å². The van der Waals surface area contributed by atoms with Crippen molar-refractivity contribution in [3.05, 3.63) is 89.5 Å². The van der Waals surface area contributed by atoms with Crippen molar-refractivity contribution in [3.63, 3.8) is 0 Å². The fourth-order valence-corrected chi connectivity index (χ4v) is 4.32. The Labute approximate surface area is 202 Å². The molecule has 0 bridgehead atoms. The average Bonchev–Trinajstić information content (AvgIpc) is 3.39. The lowest BCUT2D eigenvalue weighted by Crippen LogP contribution is -2.40. The van der Waals surface area contributed by atoms with Gasteiger partial charge in [0.15, 0.2) is 0 Å². The number of fused-ring (bicyclic) bond motifs is 1. The van der Waals surface area contributed by atoms with Crippen LogP contribution >= 0.6 is 11.6 Å². The minimum atomic E-state index is -0.261. The average molecular weight is 475 g/mol. The maximum absolute atomic E-state index is 13.0. The molecule has 172 valence electrons. The zero-order chi connectivity index (χ0) is 23.5. The number of amides is 1. The van der Waals surface area contributed by atoms with Crippen LogP contribution in [0.25, 0.3) is 11.1 Å². The number of carbonyl (C=O) groups excluding carboxylic acids is 1. The summed E-state index contributed by atoms with van der Waals surface area (Å²) in [6, 6.07) is 17.1. The molecule has 4 aromatic rings. The van der Waals surface area contributed by atoms with Crippen molar-refractivity contribution >= 4 is 28.9 Å². The highest BCUT2D eigenvalue weighted by Crippen LogP contribution is 2.36. The lowest BCUT2D eigenvalue weighted by atomic mass is 9.88. The summed E-state index contributed by atoms with van der Waals surface area (Å²) in [6.45, 7) is 2.30. The SMILES string of the molecule is C[C@H](Nc1cccc(-c2cnoc2)c1)C1Cc2cc(Cl)c(OCc3ccccn3)cc2NC1=O. The van der Waals surface area contributed by atoms with Gasteiger partial charge in [-0.1, -0.05) is 35.0 Å². The Hall–Kier alpha value is -3.84. The summed E-state index contributed by atoms with van der Waals surface area (Å²) in [5.74, 6) is 0.213. The molecule has 7 nitrogen and oxygen atoms in total. The number of hydrogen-bond acceptors (Lipinski definition) is 6. The number of benzene rings is 2. The minimum Gasteiger partial charge on any atom is -0.486 e. The molecule has 5 rings (SSSR count). The highest BCUT2D eigenvalue weighted by molar-refractivity contribution is 6.32. The molecule has 0 saturated heterocycles. The summed E-state index contributed by atoms with van der Waals surface area (Å²) < 4.78 is 10.8. The van der Waals surface area contributed by atoms with Gasteiger partial charge in [-0.15, -0.1) is 0 Å². The molecule has 34 heavy (non-hydrogen) atoms. The number of nitrogens with one attached hydrogen (secondary N) is 2. The van der Waals surface area contributed by atoms with Gasteiger partial charge in [-0.2, -0.15) is 0 Å². The van der Waals surface area contributed by atoms with Gasteiger partial charge in [-0.25, -0.2) is 0 Å². The molecule has 1 aliphatic heterocycles. The minimum absolute atomic E-state index is 0.0410. The zero-order valence-electron chi connectivity index (χ0n) is 18.5. The quantitative estimate of drug-likeness (QED) is 0.363. The summed E-state index contributed by atoms with van der Waals surface area (Å²) in [5.41, 5.74) is 5.31. The van der Waals surface area contributed by atoms with Crippen LogP contribution in [0.15, 0.2) is 77.8 Å². The van der Waals surface area contributed by atoms with E-state index >= 15 is 0 Å². The number of pyridine rings is 1. The van der Waals surface area contributed by atoms with Crippen LogP contribution in [0.5, 0.6) is 5.75 Å². The summed E-state index contributed by atoms with van der Waals surface area (Å²) in [5, 5.41) is 10.8. The molecule has 0 spiro atoms. The van der Waals surface area contributed by atoms with Gasteiger partial charge in [-0.3, -0.25) is 9.78 Å². The Morgan fingerprint density at radius 2 is 2.12 bits per heavy atom. The van der Waals surface area contributed by atoms with Crippen molar-refractivity contribution in [1.82, 2.24) is 10.1 Å². The van der Waals surface area contributed by atoms with Crippen molar-refractivity contribution in [1.29, 1.82) is 0 Å². The predicted molar refractivity (Wildman–Crippen MR) is 131 cm³/mol. The standard InChI is InChI=1S/C26H23ClN4O3/c1-16(30-20-7-4-5-17(9-20)19-13-29-34-14-19)22-10-18-11-23(27)25(12-24(18)31-26(22)32)33-15-21-6-2-3-8-28-21/h2-9,11-14,16,22,30H,10,15H2,1H3,(H,31,32)/t16-,22?/m0/s1. The second kappa shape index (κ2) is 9.57. The first-order valence-corrected chi connectivity index (χ1v) is 11.4. The maximum Gasteiger partial charge on any atom is 0.229 e. The van der Waals surface area contributed by atoms with Crippen LogP contribution in [0.2, 0.25) is 5.02 Å². The maximum atomic E-state index is 13.0. The van der Waals surface area contributed by atoms with E-state index in [1.54, 1.807) is 24.7 Å². The number of aromatic nitrogens is 2. The highest BCUT2D eigenvalue weighted by Gasteiger charge is 2.31. The van der Waals surface area contributed by atoms with E-state index in [1.165, 1.54) is 0 Å². The van der Waals surface area contributed by atoms with Crippen molar-refractivity contribution in [2.75, 3.05) is 10.6 Å². The first kappa shape index (κ1) is 22.0. The van der Waals surface area contributed by atoms with Gasteiger partial charge in [-0.05, 0) is 54.8 Å². The van der Waals surface area contributed by atoms with Gasteiger partial charge in [0.2, 0.25) is 5.91 Å². The lowest BCUT2D eigenvalue weighted by Gasteiger charge is -2.30. The summed E-state index contributed by atoms with van der Waals surface area (Å²) in [4.78, 5) is 17.2. The first-order chi connectivity index (χ1) is 16.6. The van der Waals surface area contributed by atoms with E-state index in [4.69, 9.17) is 20.9 Å².